The van der Waals surface area contributed by atoms with Gasteiger partial charge in [-0.25, -0.2) is 22.2 Å². The van der Waals surface area contributed by atoms with E-state index in [2.05, 4.69) is 20.5 Å². The molecule has 0 radical (unpaired) electrons. The maximum atomic E-state index is 13.3. The van der Waals surface area contributed by atoms with E-state index < -0.39 is 69.8 Å². The highest BCUT2D eigenvalue weighted by molar-refractivity contribution is 7.90. The first-order valence-electron chi connectivity index (χ1n) is 10.3. The van der Waals surface area contributed by atoms with Crippen LogP contribution in [0.4, 0.5) is 27.6 Å². The van der Waals surface area contributed by atoms with Gasteiger partial charge in [0.1, 0.15) is 21.3 Å². The van der Waals surface area contributed by atoms with Gasteiger partial charge in [-0.2, -0.15) is 18.3 Å². The minimum Gasteiger partial charge on any atom is -0.479 e. The second-order valence-corrected chi connectivity index (χ2v) is 11.0. The average molecular weight is 526 g/mol. The lowest BCUT2D eigenvalue weighted by Crippen LogP contribution is -2.56. The summed E-state index contributed by atoms with van der Waals surface area (Å²) < 4.78 is 95.0. The first-order valence-corrected chi connectivity index (χ1v) is 12.3. The molecule has 0 aliphatic carbocycles. The van der Waals surface area contributed by atoms with Gasteiger partial charge in [0.05, 0.1) is 42.0 Å². The number of H-pyrrole nitrogens is 1. The van der Waals surface area contributed by atoms with Crippen molar-refractivity contribution >= 4 is 21.4 Å². The number of aromatic nitrogens is 3. The van der Waals surface area contributed by atoms with Crippen LogP contribution >= 0.6 is 0 Å². The van der Waals surface area contributed by atoms with Crippen molar-refractivity contribution in [3.63, 3.8) is 0 Å². The number of sulfone groups is 1. The Hall–Kier alpha value is -2.97. The summed E-state index contributed by atoms with van der Waals surface area (Å²) in [5.74, 6) is -4.95. The predicted octanol–water partition coefficient (Wildman–Crippen LogP) is 2.59. The van der Waals surface area contributed by atoms with Gasteiger partial charge in [0.25, 0.3) is 11.8 Å². The lowest BCUT2D eigenvalue weighted by Gasteiger charge is -2.41. The molecule has 1 saturated heterocycles. The second kappa shape index (κ2) is 8.91. The largest absolute Gasteiger partial charge is 0.479 e. The van der Waals surface area contributed by atoms with Crippen LogP contribution in [-0.4, -0.2) is 72.8 Å². The number of hydrogen-bond acceptors (Lipinski definition) is 7. The van der Waals surface area contributed by atoms with Gasteiger partial charge in [0.2, 0.25) is 0 Å². The maximum Gasteiger partial charge on any atom is 0.425 e. The number of halogens is 5. The highest BCUT2D eigenvalue weighted by Gasteiger charge is 2.46. The molecule has 3 rings (SSSR count). The van der Waals surface area contributed by atoms with E-state index >= 15 is 0 Å². The topological polar surface area (TPSA) is 117 Å². The molecule has 2 aromatic heterocycles. The van der Waals surface area contributed by atoms with Crippen LogP contribution in [0.15, 0.2) is 18.3 Å². The Kier molecular flexibility index (Phi) is 6.78. The summed E-state index contributed by atoms with van der Waals surface area (Å²) in [6, 6.07) is 2.44. The number of rotatable bonds is 8. The molecule has 1 unspecified atom stereocenters. The Bertz CT molecular complexity index is 1210. The van der Waals surface area contributed by atoms with E-state index in [9.17, 15) is 35.2 Å². The quantitative estimate of drug-likeness (QED) is 0.509. The number of pyridine rings is 1. The second-order valence-electron chi connectivity index (χ2n) is 8.84. The van der Waals surface area contributed by atoms with Gasteiger partial charge in [0.15, 0.2) is 6.10 Å². The molecule has 1 aliphatic heterocycles. The Balaban J connectivity index is 1.95. The van der Waals surface area contributed by atoms with Gasteiger partial charge in [0, 0.05) is 18.0 Å². The van der Waals surface area contributed by atoms with Gasteiger partial charge in [-0.05, 0) is 26.8 Å². The number of carbonyl (C=O) groups is 1. The van der Waals surface area contributed by atoms with Crippen molar-refractivity contribution < 1.29 is 39.9 Å². The Morgan fingerprint density at radius 1 is 1.31 bits per heavy atom. The van der Waals surface area contributed by atoms with Crippen LogP contribution in [0.25, 0.3) is 0 Å². The zero-order valence-corrected chi connectivity index (χ0v) is 20.0. The van der Waals surface area contributed by atoms with Gasteiger partial charge in [-0.3, -0.25) is 9.89 Å². The zero-order valence-electron chi connectivity index (χ0n) is 19.2. The molecule has 35 heavy (non-hydrogen) atoms. The molecule has 3 heterocycles. The maximum absolute atomic E-state index is 13.3. The molecule has 15 heteroatoms. The standard InChI is InChI=1S/C20H24F5N5O4S/c1-11-5-16(29-28-11)18(3,10-35(4,32)33)27-17(31)13-6-15(34-12(2)20(23,24)25)14(7-26-13)30-8-19(21,22)9-30/h5-7,12H,8-10H2,1-4H3,(H,27,31)(H,28,29)/t12-,18?/m0/s1. The third-order valence-electron chi connectivity index (χ3n) is 5.24. The summed E-state index contributed by atoms with van der Waals surface area (Å²) in [6.07, 6.45) is -5.12. The lowest BCUT2D eigenvalue weighted by molar-refractivity contribution is -0.189. The molecule has 0 spiro atoms. The zero-order chi connectivity index (χ0) is 26.4. The van der Waals surface area contributed by atoms with Crippen molar-refractivity contribution in [3.05, 3.63) is 35.4 Å². The van der Waals surface area contributed by atoms with E-state index in [1.54, 1.807) is 6.92 Å². The lowest BCUT2D eigenvalue weighted by atomic mass is 9.99. The molecule has 0 saturated carbocycles. The minimum atomic E-state index is -4.76. The van der Waals surface area contributed by atoms with Crippen LogP contribution in [-0.2, 0) is 15.4 Å². The number of carbonyl (C=O) groups excluding carboxylic acids is 1. The van der Waals surface area contributed by atoms with Crippen LogP contribution in [0.2, 0.25) is 0 Å². The average Bonchev–Trinajstić information content (AvgIpc) is 3.11. The van der Waals surface area contributed by atoms with Crippen molar-refractivity contribution in [2.24, 2.45) is 0 Å². The Labute approximate surface area is 198 Å². The molecular formula is C20H24F5N5O4S. The van der Waals surface area contributed by atoms with E-state index in [1.807, 2.05) is 0 Å². The van der Waals surface area contributed by atoms with Crippen molar-refractivity contribution in [3.8, 4) is 5.75 Å². The molecule has 1 amide bonds. The number of nitrogens with one attached hydrogen (secondary N) is 2. The van der Waals surface area contributed by atoms with E-state index in [1.165, 1.54) is 13.0 Å². The third kappa shape index (κ3) is 6.38. The summed E-state index contributed by atoms with van der Waals surface area (Å²) in [6.45, 7) is 2.33. The van der Waals surface area contributed by atoms with Crippen LogP contribution in [0.3, 0.4) is 0 Å². The van der Waals surface area contributed by atoms with E-state index in [4.69, 9.17) is 4.74 Å². The fraction of sp³-hybridized carbons (Fsp3) is 0.550. The molecule has 194 valence electrons. The third-order valence-corrected chi connectivity index (χ3v) is 6.34. The number of hydrogen-bond donors (Lipinski definition) is 2. The van der Waals surface area contributed by atoms with Crippen LogP contribution in [0.5, 0.6) is 5.75 Å². The van der Waals surface area contributed by atoms with Crippen LogP contribution < -0.4 is 15.0 Å². The summed E-state index contributed by atoms with van der Waals surface area (Å²) in [4.78, 5) is 18.0. The molecular weight excluding hydrogens is 501 g/mol. The highest BCUT2D eigenvalue weighted by Crippen LogP contribution is 2.39. The molecule has 2 N–H and O–H groups in total. The molecule has 1 aliphatic rings. The Morgan fingerprint density at radius 2 is 1.94 bits per heavy atom. The number of nitrogens with zero attached hydrogens (tertiary/aromatic N) is 3. The van der Waals surface area contributed by atoms with Crippen molar-refractivity contribution in [1.29, 1.82) is 0 Å². The van der Waals surface area contributed by atoms with Crippen molar-refractivity contribution in [1.82, 2.24) is 20.5 Å². The van der Waals surface area contributed by atoms with E-state index in [0.717, 1.165) is 30.3 Å². The van der Waals surface area contributed by atoms with Gasteiger partial charge >= 0.3 is 6.18 Å². The Morgan fingerprint density at radius 3 is 2.43 bits per heavy atom. The smallest absolute Gasteiger partial charge is 0.425 e. The minimum absolute atomic E-state index is 0.134. The van der Waals surface area contributed by atoms with Gasteiger partial charge < -0.3 is 15.0 Å². The summed E-state index contributed by atoms with van der Waals surface area (Å²) in [7, 11) is -3.63. The molecule has 0 bridgehead atoms. The first kappa shape index (κ1) is 26.6. The predicted molar refractivity (Wildman–Crippen MR) is 115 cm³/mol. The highest BCUT2D eigenvalue weighted by atomic mass is 32.2. The van der Waals surface area contributed by atoms with Gasteiger partial charge in [-0.1, -0.05) is 0 Å². The van der Waals surface area contributed by atoms with Crippen molar-refractivity contribution in [2.45, 2.75) is 44.5 Å². The summed E-state index contributed by atoms with van der Waals surface area (Å²) in [5, 5.41) is 9.19. The number of aromatic amines is 1. The van der Waals surface area contributed by atoms with Gasteiger partial charge in [-0.15, -0.1) is 0 Å². The van der Waals surface area contributed by atoms with Crippen LogP contribution in [0.1, 0.15) is 35.7 Å². The van der Waals surface area contributed by atoms with E-state index in [0.29, 0.717) is 5.69 Å². The number of aryl methyl sites for hydroxylation is 1. The number of anilines is 1. The summed E-state index contributed by atoms with van der Waals surface area (Å²) in [5.41, 5.74) is -1.26. The molecule has 0 aromatic carbocycles. The fourth-order valence-electron chi connectivity index (χ4n) is 3.54. The monoisotopic (exact) mass is 525 g/mol. The number of amides is 1. The normalized spacial score (nSPS) is 18.4. The van der Waals surface area contributed by atoms with Crippen LogP contribution in [0, 0.1) is 6.92 Å². The molecule has 9 nitrogen and oxygen atoms in total. The fourth-order valence-corrected chi connectivity index (χ4v) is 4.81. The molecule has 2 atom stereocenters. The number of alkyl halides is 5. The molecule has 2 aromatic rings. The van der Waals surface area contributed by atoms with Crippen molar-refractivity contribution in [2.75, 3.05) is 30.0 Å². The molecule has 1 fully saturated rings. The summed E-state index contributed by atoms with van der Waals surface area (Å²) >= 11 is 0. The number of ether oxygens (including phenoxy) is 1. The van der Waals surface area contributed by atoms with E-state index in [-0.39, 0.29) is 11.4 Å². The SMILES string of the molecule is Cc1cc(C(C)(CS(C)(=O)=O)NC(=O)c2cc(O[C@@H](C)C(F)(F)F)c(N3CC(F)(F)C3)cn2)n[nH]1. The first-order chi connectivity index (χ1) is 15.9.